The molecule has 0 saturated heterocycles. The zero-order chi connectivity index (χ0) is 32.1. The second-order valence-corrected chi connectivity index (χ2v) is 11.6. The monoisotopic (exact) mass is 652 g/mol. The molecule has 0 heterocycles. The van der Waals surface area contributed by atoms with Crippen LogP contribution in [0.2, 0.25) is 5.02 Å². The second kappa shape index (κ2) is 12.9. The van der Waals surface area contributed by atoms with Crippen LogP contribution in [-0.2, 0) is 20.2 Å². The standard InChI is InChI=1S/C12H10ClN3O5S.C12H11N3O5S/c13-9-5-7(1-3-10(9)14)15-11-4-2-8(16(17)18)6-12(11)22(19,20)21;13-8-1-3-9(4-2-8)14-11-6-5-10(15(16)17)7-12(11)21(18,19)20/h1-6,15H,14H2,(H,19,20,21);1-7,14H,13H2,(H,18,19,20). The minimum absolute atomic E-state index is 0.0212. The van der Waals surface area contributed by atoms with Crippen LogP contribution in [0.15, 0.2) is 88.7 Å². The molecule has 0 aliphatic carbocycles. The predicted octanol–water partition coefficient (Wildman–Crippen LogP) is 4.99. The van der Waals surface area contributed by atoms with E-state index in [1.807, 2.05) is 0 Å². The maximum absolute atomic E-state index is 11.4. The van der Waals surface area contributed by atoms with Crippen LogP contribution in [0.4, 0.5) is 45.5 Å². The first-order chi connectivity index (χ1) is 20.0. The van der Waals surface area contributed by atoms with E-state index in [4.69, 9.17) is 23.1 Å². The van der Waals surface area contributed by atoms with Gasteiger partial charge < -0.3 is 22.1 Å². The summed E-state index contributed by atoms with van der Waals surface area (Å²) in [5.74, 6) is 0. The highest BCUT2D eigenvalue weighted by Crippen LogP contribution is 2.31. The summed E-state index contributed by atoms with van der Waals surface area (Å²) in [7, 11) is -9.26. The minimum Gasteiger partial charge on any atom is -0.399 e. The summed E-state index contributed by atoms with van der Waals surface area (Å²) >= 11 is 5.85. The van der Waals surface area contributed by atoms with Crippen molar-refractivity contribution in [3.63, 3.8) is 0 Å². The number of nitro benzene ring substituents is 2. The summed E-state index contributed by atoms with van der Waals surface area (Å²) in [5.41, 5.74) is 12.0. The fourth-order valence-corrected chi connectivity index (χ4v) is 4.88. The highest BCUT2D eigenvalue weighted by molar-refractivity contribution is 7.86. The van der Waals surface area contributed by atoms with Crippen LogP contribution in [0, 0.1) is 20.2 Å². The lowest BCUT2D eigenvalue weighted by atomic mass is 10.2. The molecule has 4 aromatic carbocycles. The molecule has 0 saturated carbocycles. The summed E-state index contributed by atoms with van der Waals surface area (Å²) in [4.78, 5) is 18.7. The van der Waals surface area contributed by atoms with Gasteiger partial charge in [-0.3, -0.25) is 29.3 Å². The van der Waals surface area contributed by atoms with Crippen LogP contribution >= 0.6 is 11.6 Å². The van der Waals surface area contributed by atoms with Crippen molar-refractivity contribution >= 4 is 77.3 Å². The highest BCUT2D eigenvalue weighted by Gasteiger charge is 2.21. The van der Waals surface area contributed by atoms with E-state index < -0.39 is 51.2 Å². The van der Waals surface area contributed by atoms with Gasteiger partial charge in [-0.15, -0.1) is 0 Å². The van der Waals surface area contributed by atoms with Crippen molar-refractivity contribution in [1.82, 2.24) is 0 Å². The van der Waals surface area contributed by atoms with Gasteiger partial charge >= 0.3 is 0 Å². The first kappa shape index (κ1) is 32.5. The number of hydrogen-bond donors (Lipinski definition) is 6. The minimum atomic E-state index is -4.65. The van der Waals surface area contributed by atoms with Crippen molar-refractivity contribution in [3.8, 4) is 0 Å². The third-order valence-electron chi connectivity index (χ3n) is 5.38. The molecule has 0 atom stereocenters. The Balaban J connectivity index is 0.000000236. The van der Waals surface area contributed by atoms with Crippen LogP contribution in [-0.4, -0.2) is 35.8 Å². The molecule has 0 spiro atoms. The van der Waals surface area contributed by atoms with Crippen molar-refractivity contribution in [3.05, 3.63) is 104 Å². The van der Waals surface area contributed by atoms with E-state index in [1.54, 1.807) is 24.3 Å². The van der Waals surface area contributed by atoms with Gasteiger partial charge in [-0.05, 0) is 54.6 Å². The molecule has 0 fully saturated rings. The number of nitrogens with zero attached hydrogens (tertiary/aromatic N) is 2. The maximum atomic E-state index is 11.4. The Morgan fingerprint density at radius 3 is 1.47 bits per heavy atom. The van der Waals surface area contributed by atoms with E-state index in [2.05, 4.69) is 10.6 Å². The lowest BCUT2D eigenvalue weighted by Crippen LogP contribution is -2.04. The Bertz CT molecular complexity index is 1920. The van der Waals surface area contributed by atoms with Gasteiger partial charge in [0.2, 0.25) is 0 Å². The number of nitro groups is 2. The Labute approximate surface area is 248 Å². The molecule has 0 aliphatic rings. The van der Waals surface area contributed by atoms with Gasteiger partial charge in [0.25, 0.3) is 31.6 Å². The zero-order valence-corrected chi connectivity index (χ0v) is 23.8. The van der Waals surface area contributed by atoms with Crippen molar-refractivity contribution in [2.24, 2.45) is 0 Å². The number of anilines is 6. The Hall–Kier alpha value is -5.01. The molecule has 0 aromatic heterocycles. The fourth-order valence-electron chi connectivity index (χ4n) is 3.36. The lowest BCUT2D eigenvalue weighted by molar-refractivity contribution is -0.385. The van der Waals surface area contributed by atoms with Gasteiger partial charge in [0, 0.05) is 41.3 Å². The molecule has 0 amide bonds. The number of halogens is 1. The van der Waals surface area contributed by atoms with Gasteiger partial charge in [0.1, 0.15) is 9.79 Å². The van der Waals surface area contributed by atoms with Gasteiger partial charge in [-0.1, -0.05) is 11.6 Å². The Kier molecular flexibility index (Phi) is 9.74. The molecule has 16 nitrogen and oxygen atoms in total. The maximum Gasteiger partial charge on any atom is 0.296 e. The highest BCUT2D eigenvalue weighted by atomic mass is 35.5. The summed E-state index contributed by atoms with van der Waals surface area (Å²) in [5, 5.41) is 27.1. The van der Waals surface area contributed by atoms with Gasteiger partial charge in [0.05, 0.1) is 31.9 Å². The molecule has 0 aliphatic heterocycles. The normalized spacial score (nSPS) is 11.1. The SMILES string of the molecule is Nc1ccc(Nc2ccc([N+](=O)[O-])cc2S(=O)(=O)O)cc1.Nc1ccc(Nc2ccc([N+](=O)[O-])cc2S(=O)(=O)O)cc1Cl. The van der Waals surface area contributed by atoms with Crippen molar-refractivity contribution < 1.29 is 35.8 Å². The summed E-state index contributed by atoms with van der Waals surface area (Å²) in [6, 6.07) is 17.1. The molecule has 19 heteroatoms. The quantitative estimate of drug-likeness (QED) is 0.0633. The van der Waals surface area contributed by atoms with Crippen LogP contribution < -0.4 is 22.1 Å². The summed E-state index contributed by atoms with van der Waals surface area (Å²) < 4.78 is 63.9. The van der Waals surface area contributed by atoms with E-state index >= 15 is 0 Å². The number of nitrogens with two attached hydrogens (primary N) is 2. The number of non-ortho nitro benzene ring substituents is 2. The summed E-state index contributed by atoms with van der Waals surface area (Å²) in [6.45, 7) is 0. The first-order valence-electron chi connectivity index (χ1n) is 11.4. The average Bonchev–Trinajstić information content (AvgIpc) is 2.91. The molecular formula is C24H21ClN6O10S2. The van der Waals surface area contributed by atoms with Crippen LogP contribution in [0.25, 0.3) is 0 Å². The molecule has 4 rings (SSSR count). The number of nitrogens with one attached hydrogen (secondary N) is 2. The van der Waals surface area contributed by atoms with Crippen LogP contribution in [0.5, 0.6) is 0 Å². The van der Waals surface area contributed by atoms with Gasteiger partial charge in [-0.2, -0.15) is 16.8 Å². The van der Waals surface area contributed by atoms with E-state index in [9.17, 15) is 46.2 Å². The largest absolute Gasteiger partial charge is 0.399 e. The average molecular weight is 653 g/mol. The van der Waals surface area contributed by atoms with Crippen molar-refractivity contribution in [2.45, 2.75) is 9.79 Å². The second-order valence-electron chi connectivity index (χ2n) is 8.43. The van der Waals surface area contributed by atoms with Gasteiger partial charge in [-0.25, -0.2) is 0 Å². The van der Waals surface area contributed by atoms with E-state index in [1.165, 1.54) is 30.3 Å². The molecule has 0 unspecified atom stereocenters. The molecule has 4 aromatic rings. The number of nitrogen functional groups attached to an aromatic ring is 2. The number of hydrogen-bond acceptors (Lipinski definition) is 12. The topological polar surface area (TPSA) is 271 Å². The Morgan fingerprint density at radius 2 is 1.07 bits per heavy atom. The third-order valence-corrected chi connectivity index (χ3v) is 7.49. The molecular weight excluding hydrogens is 632 g/mol. The van der Waals surface area contributed by atoms with E-state index in [0.717, 1.165) is 24.3 Å². The van der Waals surface area contributed by atoms with E-state index in [-0.39, 0.29) is 16.4 Å². The molecule has 226 valence electrons. The van der Waals surface area contributed by atoms with E-state index in [0.29, 0.717) is 22.7 Å². The predicted molar refractivity (Wildman–Crippen MR) is 159 cm³/mol. The zero-order valence-electron chi connectivity index (χ0n) is 21.4. The molecule has 43 heavy (non-hydrogen) atoms. The van der Waals surface area contributed by atoms with Crippen LogP contribution in [0.1, 0.15) is 0 Å². The van der Waals surface area contributed by atoms with Crippen LogP contribution in [0.3, 0.4) is 0 Å². The summed E-state index contributed by atoms with van der Waals surface area (Å²) in [6.07, 6.45) is 0. The smallest absolute Gasteiger partial charge is 0.296 e. The van der Waals surface area contributed by atoms with Gasteiger partial charge in [0.15, 0.2) is 0 Å². The fraction of sp³-hybridized carbons (Fsp3) is 0. The first-order valence-corrected chi connectivity index (χ1v) is 14.7. The molecule has 0 bridgehead atoms. The molecule has 8 N–H and O–H groups in total. The van der Waals surface area contributed by atoms with Crippen molar-refractivity contribution in [2.75, 3.05) is 22.1 Å². The van der Waals surface area contributed by atoms with Crippen molar-refractivity contribution in [1.29, 1.82) is 0 Å². The number of rotatable bonds is 8. The lowest BCUT2D eigenvalue weighted by Gasteiger charge is -2.11. The third kappa shape index (κ3) is 8.74. The Morgan fingerprint density at radius 1 is 0.651 bits per heavy atom. The molecule has 0 radical (unpaired) electrons. The number of benzene rings is 4.